The summed E-state index contributed by atoms with van der Waals surface area (Å²) >= 11 is 0. The van der Waals surface area contributed by atoms with Crippen molar-refractivity contribution in [3.63, 3.8) is 0 Å². The van der Waals surface area contributed by atoms with Crippen LogP contribution in [0.15, 0.2) is 18.2 Å². The van der Waals surface area contributed by atoms with Crippen molar-refractivity contribution in [2.75, 3.05) is 34.0 Å². The smallest absolute Gasteiger partial charge is 0.345 e. The maximum absolute atomic E-state index is 12.7. The summed E-state index contributed by atoms with van der Waals surface area (Å²) in [5, 5.41) is 11.4. The van der Waals surface area contributed by atoms with E-state index in [1.165, 1.54) is 13.2 Å². The van der Waals surface area contributed by atoms with Crippen LogP contribution in [0, 0.1) is 24.0 Å². The van der Waals surface area contributed by atoms with Gasteiger partial charge in [0, 0.05) is 43.3 Å². The lowest BCUT2D eigenvalue weighted by atomic mass is 10.1. The standard InChI is InChI=1S/C22H28N2O8/c1-6-31-21-11-17(18(24(27)28)12-20(21)30-5)22(26)32-13-19(25)16-10-14(2)23(15(16)3)8-7-9-29-4/h10-12H,6-9,13H2,1-5H3. The van der Waals surface area contributed by atoms with E-state index >= 15 is 0 Å². The minimum absolute atomic E-state index is 0.118. The molecule has 0 radical (unpaired) electrons. The van der Waals surface area contributed by atoms with Crippen molar-refractivity contribution in [1.29, 1.82) is 0 Å². The first-order chi connectivity index (χ1) is 15.2. The quantitative estimate of drug-likeness (QED) is 0.159. The highest BCUT2D eigenvalue weighted by atomic mass is 16.6. The summed E-state index contributed by atoms with van der Waals surface area (Å²) in [5.74, 6) is -1.11. The van der Waals surface area contributed by atoms with Crippen LogP contribution in [0.25, 0.3) is 0 Å². The Labute approximate surface area is 186 Å². The van der Waals surface area contributed by atoms with Crippen LogP contribution >= 0.6 is 0 Å². The van der Waals surface area contributed by atoms with Crippen LogP contribution in [0.3, 0.4) is 0 Å². The van der Waals surface area contributed by atoms with E-state index in [2.05, 4.69) is 0 Å². The summed E-state index contributed by atoms with van der Waals surface area (Å²) < 4.78 is 22.7. The van der Waals surface area contributed by atoms with E-state index < -0.39 is 29.0 Å². The molecule has 1 aromatic heterocycles. The Morgan fingerprint density at radius 3 is 2.41 bits per heavy atom. The number of ketones is 1. The molecule has 0 bridgehead atoms. The zero-order valence-electron chi connectivity index (χ0n) is 18.9. The molecule has 0 aliphatic rings. The number of carbonyl (C=O) groups excluding carboxylic acids is 2. The second kappa shape index (κ2) is 11.3. The lowest BCUT2D eigenvalue weighted by molar-refractivity contribution is -0.385. The summed E-state index contributed by atoms with van der Waals surface area (Å²) in [5.41, 5.74) is 1.28. The van der Waals surface area contributed by atoms with Gasteiger partial charge >= 0.3 is 5.97 Å². The fourth-order valence-electron chi connectivity index (χ4n) is 3.37. The van der Waals surface area contributed by atoms with Crippen molar-refractivity contribution < 1.29 is 33.5 Å². The highest BCUT2D eigenvalue weighted by Gasteiger charge is 2.27. The average molecular weight is 448 g/mol. The van der Waals surface area contributed by atoms with Gasteiger partial charge in [-0.05, 0) is 33.3 Å². The second-order valence-electron chi connectivity index (χ2n) is 6.99. The van der Waals surface area contributed by atoms with Gasteiger partial charge in [0.2, 0.25) is 5.78 Å². The lowest BCUT2D eigenvalue weighted by Gasteiger charge is -2.12. The third-order valence-corrected chi connectivity index (χ3v) is 4.94. The molecule has 0 unspecified atom stereocenters. The molecule has 10 nitrogen and oxygen atoms in total. The number of rotatable bonds is 12. The lowest BCUT2D eigenvalue weighted by Crippen LogP contribution is -2.16. The zero-order valence-corrected chi connectivity index (χ0v) is 18.9. The number of benzene rings is 1. The molecule has 2 aromatic rings. The van der Waals surface area contributed by atoms with E-state index in [0.29, 0.717) is 18.7 Å². The van der Waals surface area contributed by atoms with E-state index in [1.54, 1.807) is 20.1 Å². The van der Waals surface area contributed by atoms with Crippen LogP contribution in [0.2, 0.25) is 0 Å². The molecule has 1 heterocycles. The summed E-state index contributed by atoms with van der Waals surface area (Å²) in [6.45, 7) is 6.44. The Balaban J connectivity index is 2.20. The van der Waals surface area contributed by atoms with Crippen molar-refractivity contribution in [3.05, 3.63) is 50.8 Å². The Morgan fingerprint density at radius 2 is 1.81 bits per heavy atom. The summed E-state index contributed by atoms with van der Waals surface area (Å²) in [4.78, 5) is 36.0. The van der Waals surface area contributed by atoms with Gasteiger partial charge in [0.15, 0.2) is 18.1 Å². The van der Waals surface area contributed by atoms with Crippen molar-refractivity contribution in [2.24, 2.45) is 0 Å². The normalized spacial score (nSPS) is 10.7. The predicted octanol–water partition coefficient (Wildman–Crippen LogP) is 3.50. The molecule has 2 rings (SSSR count). The van der Waals surface area contributed by atoms with Crippen LogP contribution < -0.4 is 9.47 Å². The Bertz CT molecular complexity index is 996. The number of ether oxygens (including phenoxy) is 4. The first-order valence-corrected chi connectivity index (χ1v) is 10.1. The van der Waals surface area contributed by atoms with Crippen LogP contribution in [-0.4, -0.2) is 55.3 Å². The number of nitrogens with zero attached hydrogens (tertiary/aromatic N) is 2. The van der Waals surface area contributed by atoms with Gasteiger partial charge < -0.3 is 23.5 Å². The molecule has 174 valence electrons. The second-order valence-corrected chi connectivity index (χ2v) is 6.99. The predicted molar refractivity (Wildman–Crippen MR) is 116 cm³/mol. The van der Waals surface area contributed by atoms with E-state index in [1.807, 2.05) is 18.4 Å². The van der Waals surface area contributed by atoms with Gasteiger partial charge in [-0.15, -0.1) is 0 Å². The molecule has 0 aliphatic heterocycles. The Kier molecular flexibility index (Phi) is 8.77. The number of aromatic nitrogens is 1. The number of Topliss-reactive ketones (excluding diaryl/α,β-unsaturated/α-hetero) is 1. The van der Waals surface area contributed by atoms with Gasteiger partial charge in [0.1, 0.15) is 5.56 Å². The van der Waals surface area contributed by atoms with E-state index in [9.17, 15) is 19.7 Å². The average Bonchev–Trinajstić information content (AvgIpc) is 3.05. The minimum atomic E-state index is -0.998. The van der Waals surface area contributed by atoms with Gasteiger partial charge in [0.25, 0.3) is 5.69 Å². The maximum atomic E-state index is 12.7. The molecule has 0 atom stereocenters. The molecule has 32 heavy (non-hydrogen) atoms. The highest BCUT2D eigenvalue weighted by molar-refractivity contribution is 6.01. The number of methoxy groups -OCH3 is 2. The number of hydrogen-bond acceptors (Lipinski definition) is 8. The van der Waals surface area contributed by atoms with Crippen LogP contribution in [0.1, 0.15) is 45.4 Å². The number of esters is 1. The van der Waals surface area contributed by atoms with Gasteiger partial charge in [0.05, 0.1) is 24.7 Å². The first-order valence-electron chi connectivity index (χ1n) is 10.1. The molecule has 1 aromatic carbocycles. The monoisotopic (exact) mass is 448 g/mol. The number of hydrogen-bond donors (Lipinski definition) is 0. The van der Waals surface area contributed by atoms with E-state index in [-0.39, 0.29) is 23.7 Å². The summed E-state index contributed by atoms with van der Waals surface area (Å²) in [6, 6.07) is 4.02. The molecular weight excluding hydrogens is 420 g/mol. The molecular formula is C22H28N2O8. The van der Waals surface area contributed by atoms with Gasteiger partial charge in [-0.3, -0.25) is 14.9 Å². The number of carbonyl (C=O) groups is 2. The molecule has 10 heteroatoms. The van der Waals surface area contributed by atoms with Crippen molar-refractivity contribution in [3.8, 4) is 11.5 Å². The molecule has 0 fully saturated rings. The fraction of sp³-hybridized carbons (Fsp3) is 0.455. The third kappa shape index (κ3) is 5.64. The number of nitro groups is 1. The summed E-state index contributed by atoms with van der Waals surface area (Å²) in [7, 11) is 2.97. The van der Waals surface area contributed by atoms with Crippen LogP contribution in [0.4, 0.5) is 5.69 Å². The highest BCUT2D eigenvalue weighted by Crippen LogP contribution is 2.35. The van der Waals surface area contributed by atoms with Crippen LogP contribution in [-0.2, 0) is 16.0 Å². The van der Waals surface area contributed by atoms with Crippen LogP contribution in [0.5, 0.6) is 11.5 Å². The van der Waals surface area contributed by atoms with Gasteiger partial charge in [-0.2, -0.15) is 0 Å². The zero-order chi connectivity index (χ0) is 23.8. The number of aryl methyl sites for hydroxylation is 1. The van der Waals surface area contributed by atoms with Crippen molar-refractivity contribution >= 4 is 17.4 Å². The largest absolute Gasteiger partial charge is 0.493 e. The van der Waals surface area contributed by atoms with Gasteiger partial charge in [-0.1, -0.05) is 0 Å². The molecule has 0 saturated heterocycles. The van der Waals surface area contributed by atoms with E-state index in [4.69, 9.17) is 18.9 Å². The SMILES string of the molecule is CCOc1cc(C(=O)OCC(=O)c2cc(C)n(CCCOC)c2C)c([N+](=O)[O-])cc1OC. The third-order valence-electron chi connectivity index (χ3n) is 4.94. The molecule has 0 N–H and O–H groups in total. The Morgan fingerprint density at radius 1 is 1.09 bits per heavy atom. The summed E-state index contributed by atoms with van der Waals surface area (Å²) in [6.07, 6.45) is 0.790. The minimum Gasteiger partial charge on any atom is -0.493 e. The fourth-order valence-corrected chi connectivity index (χ4v) is 3.37. The molecule has 0 spiro atoms. The van der Waals surface area contributed by atoms with Crippen molar-refractivity contribution in [1.82, 2.24) is 4.57 Å². The van der Waals surface area contributed by atoms with E-state index in [0.717, 1.165) is 23.9 Å². The molecule has 0 aliphatic carbocycles. The first kappa shape index (κ1) is 24.9. The molecule has 0 saturated carbocycles. The maximum Gasteiger partial charge on any atom is 0.345 e. The van der Waals surface area contributed by atoms with Gasteiger partial charge in [-0.25, -0.2) is 4.79 Å². The number of nitro benzene ring substituents is 1. The van der Waals surface area contributed by atoms with Crippen molar-refractivity contribution in [2.45, 2.75) is 33.7 Å². The molecule has 0 amide bonds. The Hall–Kier alpha value is -3.40. The topological polar surface area (TPSA) is 119 Å².